The van der Waals surface area contributed by atoms with Crippen LogP contribution in [0, 0.1) is 16.7 Å². The van der Waals surface area contributed by atoms with Crippen LogP contribution >= 0.6 is 0 Å². The zero-order chi connectivity index (χ0) is 33.3. The summed E-state index contributed by atoms with van der Waals surface area (Å²) in [5.74, 6) is 0.198. The number of rotatable bonds is 11. The first-order valence-corrected chi connectivity index (χ1v) is 15.8. The predicted octanol–water partition coefficient (Wildman–Crippen LogP) is 8.78. The van der Waals surface area contributed by atoms with Crippen LogP contribution in [0.25, 0.3) is 0 Å². The van der Waals surface area contributed by atoms with Crippen molar-refractivity contribution in [3.63, 3.8) is 0 Å². The SMILES string of the molecule is C=C1CC(O)CC(C)(C)C1(O)CC(=O)/C(C)=C/C=C/C(C)=C/C=C/C=C(C)C=CC=C(C)C=CC1C(C)=CC(O)CC1(C)C. The highest BCUT2D eigenvalue weighted by molar-refractivity contribution is 5.96. The van der Waals surface area contributed by atoms with E-state index in [1.165, 1.54) is 11.1 Å². The summed E-state index contributed by atoms with van der Waals surface area (Å²) in [6.07, 6.45) is 26.9. The van der Waals surface area contributed by atoms with E-state index in [0.29, 0.717) is 29.9 Å². The Morgan fingerprint density at radius 1 is 0.864 bits per heavy atom. The topological polar surface area (TPSA) is 77.8 Å². The molecule has 0 heterocycles. The molecule has 0 saturated heterocycles. The van der Waals surface area contributed by atoms with Gasteiger partial charge in [0.1, 0.15) is 0 Å². The van der Waals surface area contributed by atoms with E-state index in [4.69, 9.17) is 0 Å². The van der Waals surface area contributed by atoms with Gasteiger partial charge in [-0.25, -0.2) is 0 Å². The fraction of sp³-hybridized carbons (Fsp3) is 0.475. The lowest BCUT2D eigenvalue weighted by Crippen LogP contribution is -2.53. The van der Waals surface area contributed by atoms with E-state index >= 15 is 0 Å². The molecule has 4 nitrogen and oxygen atoms in total. The molecule has 0 aromatic heterocycles. The van der Waals surface area contributed by atoms with Crippen molar-refractivity contribution in [3.8, 4) is 0 Å². The molecule has 1 saturated carbocycles. The van der Waals surface area contributed by atoms with Crippen molar-refractivity contribution in [1.82, 2.24) is 0 Å². The molecule has 4 unspecified atom stereocenters. The largest absolute Gasteiger partial charge is 0.393 e. The van der Waals surface area contributed by atoms with Gasteiger partial charge in [0.05, 0.1) is 17.8 Å². The molecule has 0 amide bonds. The normalized spacial score (nSPS) is 29.0. The zero-order valence-electron chi connectivity index (χ0n) is 28.5. The third-order valence-corrected chi connectivity index (χ3v) is 9.12. The molecule has 0 aromatic rings. The average molecular weight is 601 g/mol. The smallest absolute Gasteiger partial charge is 0.161 e. The summed E-state index contributed by atoms with van der Waals surface area (Å²) < 4.78 is 0. The van der Waals surface area contributed by atoms with Crippen molar-refractivity contribution in [2.45, 2.75) is 106 Å². The zero-order valence-corrected chi connectivity index (χ0v) is 28.5. The molecule has 240 valence electrons. The predicted molar refractivity (Wildman–Crippen MR) is 186 cm³/mol. The number of ketones is 1. The van der Waals surface area contributed by atoms with E-state index in [1.54, 1.807) is 13.0 Å². The highest BCUT2D eigenvalue weighted by Crippen LogP contribution is 2.48. The lowest BCUT2D eigenvalue weighted by Gasteiger charge is -2.49. The second-order valence-corrected chi connectivity index (χ2v) is 14.2. The van der Waals surface area contributed by atoms with Crippen molar-refractivity contribution >= 4 is 5.78 Å². The van der Waals surface area contributed by atoms with Crippen LogP contribution in [0.5, 0.6) is 0 Å². The fourth-order valence-corrected chi connectivity index (χ4v) is 6.28. The van der Waals surface area contributed by atoms with Crippen LogP contribution in [0.15, 0.2) is 119 Å². The first kappa shape index (κ1) is 37.1. The monoisotopic (exact) mass is 600 g/mol. The van der Waals surface area contributed by atoms with Crippen LogP contribution in [0.3, 0.4) is 0 Å². The van der Waals surface area contributed by atoms with Gasteiger partial charge < -0.3 is 15.3 Å². The number of carbonyl (C=O) groups excluding carboxylic acids is 1. The number of allylic oxidation sites excluding steroid dienone is 17. The summed E-state index contributed by atoms with van der Waals surface area (Å²) in [5.41, 5.74) is 3.75. The summed E-state index contributed by atoms with van der Waals surface area (Å²) >= 11 is 0. The minimum atomic E-state index is -1.33. The Morgan fingerprint density at radius 2 is 1.39 bits per heavy atom. The average Bonchev–Trinajstić information content (AvgIpc) is 2.88. The molecule has 1 fully saturated rings. The molecule has 0 radical (unpaired) electrons. The highest BCUT2D eigenvalue weighted by atomic mass is 16.3. The van der Waals surface area contributed by atoms with E-state index in [9.17, 15) is 20.1 Å². The van der Waals surface area contributed by atoms with Crippen molar-refractivity contribution < 1.29 is 20.1 Å². The van der Waals surface area contributed by atoms with Crippen LogP contribution < -0.4 is 0 Å². The number of aliphatic hydroxyl groups excluding tert-OH is 2. The lowest BCUT2D eigenvalue weighted by molar-refractivity contribution is -0.130. The summed E-state index contributed by atoms with van der Waals surface area (Å²) in [6.45, 7) is 22.2. The van der Waals surface area contributed by atoms with Crippen LogP contribution in [-0.2, 0) is 4.79 Å². The minimum absolute atomic E-state index is 0.0344. The molecule has 2 rings (SSSR count). The molecule has 0 aliphatic heterocycles. The lowest BCUT2D eigenvalue weighted by atomic mass is 9.60. The van der Waals surface area contributed by atoms with Crippen LogP contribution in [0.4, 0.5) is 0 Å². The maximum Gasteiger partial charge on any atom is 0.161 e. The molecule has 3 N–H and O–H groups in total. The molecule has 4 heteroatoms. The van der Waals surface area contributed by atoms with Gasteiger partial charge in [0.25, 0.3) is 0 Å². The number of carbonyl (C=O) groups is 1. The quantitative estimate of drug-likeness (QED) is 0.126. The third kappa shape index (κ3) is 10.5. The van der Waals surface area contributed by atoms with E-state index in [-0.39, 0.29) is 23.7 Å². The summed E-state index contributed by atoms with van der Waals surface area (Å²) in [6, 6.07) is 0. The first-order valence-electron chi connectivity index (χ1n) is 15.8. The molecule has 0 bridgehead atoms. The van der Waals surface area contributed by atoms with Gasteiger partial charge in [-0.3, -0.25) is 4.79 Å². The Kier molecular flexibility index (Phi) is 13.3. The van der Waals surface area contributed by atoms with Crippen molar-refractivity contribution in [2.24, 2.45) is 16.7 Å². The Bertz CT molecular complexity index is 1330. The number of Topliss-reactive ketones (excluding diaryl/α,β-unsaturated/α-hetero) is 1. The summed E-state index contributed by atoms with van der Waals surface area (Å²) in [4.78, 5) is 12.9. The number of hydrogen-bond donors (Lipinski definition) is 3. The molecular weight excluding hydrogens is 544 g/mol. The fourth-order valence-electron chi connectivity index (χ4n) is 6.28. The van der Waals surface area contributed by atoms with Gasteiger partial charge in [-0.1, -0.05) is 136 Å². The second-order valence-electron chi connectivity index (χ2n) is 14.2. The third-order valence-electron chi connectivity index (χ3n) is 9.12. The highest BCUT2D eigenvalue weighted by Gasteiger charge is 2.51. The minimum Gasteiger partial charge on any atom is -0.393 e. The van der Waals surface area contributed by atoms with Gasteiger partial charge in [-0.05, 0) is 70.4 Å². The maximum atomic E-state index is 12.9. The molecule has 4 atom stereocenters. The molecule has 2 aliphatic carbocycles. The van der Waals surface area contributed by atoms with E-state index in [1.807, 2.05) is 57.2 Å². The van der Waals surface area contributed by atoms with Gasteiger partial charge in [-0.2, -0.15) is 0 Å². The number of hydrogen-bond acceptors (Lipinski definition) is 4. The van der Waals surface area contributed by atoms with Crippen LogP contribution in [0.2, 0.25) is 0 Å². The van der Waals surface area contributed by atoms with Crippen LogP contribution in [-0.4, -0.2) is 38.9 Å². The molecular formula is C40H56O4. The first-order chi connectivity index (χ1) is 20.4. The van der Waals surface area contributed by atoms with Gasteiger partial charge in [0.15, 0.2) is 5.78 Å². The summed E-state index contributed by atoms with van der Waals surface area (Å²) in [5, 5.41) is 31.5. The van der Waals surface area contributed by atoms with Gasteiger partial charge in [0.2, 0.25) is 0 Å². The van der Waals surface area contributed by atoms with E-state index < -0.39 is 17.1 Å². The summed E-state index contributed by atoms with van der Waals surface area (Å²) in [7, 11) is 0. The van der Waals surface area contributed by atoms with E-state index in [0.717, 1.165) is 17.6 Å². The Hall–Kier alpha value is -3.05. The molecule has 2 aliphatic rings. The maximum absolute atomic E-state index is 12.9. The van der Waals surface area contributed by atoms with Crippen molar-refractivity contribution in [3.05, 3.63) is 119 Å². The van der Waals surface area contributed by atoms with E-state index in [2.05, 4.69) is 77.7 Å². The number of aliphatic hydroxyl groups is 3. The van der Waals surface area contributed by atoms with Crippen molar-refractivity contribution in [2.75, 3.05) is 0 Å². The molecule has 0 aromatic carbocycles. The molecule has 44 heavy (non-hydrogen) atoms. The Morgan fingerprint density at radius 3 is 1.93 bits per heavy atom. The Labute approximate surface area is 267 Å². The standard InChI is InChI=1S/C40H56O4/c1-28(17-13-18-30(3)21-22-36-32(5)23-34(41)25-38(36,7)8)15-11-12-16-29(2)19-14-20-31(4)37(43)27-40(44)33(6)24-35(42)26-39(40,9)10/h11-23,34-36,41-42,44H,6,24-27H2,1-5,7-10H3/b12-11+,17-13?,19-14+,22-21?,28-15?,29-16+,30-18?,31-20+. The molecule has 0 spiro atoms. The van der Waals surface area contributed by atoms with Crippen molar-refractivity contribution in [1.29, 1.82) is 0 Å². The Balaban J connectivity index is 1.91. The van der Waals surface area contributed by atoms with Gasteiger partial charge >= 0.3 is 0 Å². The van der Waals surface area contributed by atoms with Gasteiger partial charge in [-0.15, -0.1) is 0 Å². The second kappa shape index (κ2) is 15.8. The van der Waals surface area contributed by atoms with Gasteiger partial charge in [0, 0.05) is 17.8 Å². The van der Waals surface area contributed by atoms with Crippen LogP contribution in [0.1, 0.15) is 88.0 Å².